The molecule has 5 aromatic carbocycles. The lowest BCUT2D eigenvalue weighted by atomic mass is 10.1. The van der Waals surface area contributed by atoms with Crippen molar-refractivity contribution in [3.05, 3.63) is 157 Å². The van der Waals surface area contributed by atoms with Gasteiger partial charge in [-0.3, -0.25) is 19.4 Å². The van der Waals surface area contributed by atoms with Gasteiger partial charge in [-0.05, 0) is 60.7 Å². The molecule has 0 radical (unpaired) electrons. The van der Waals surface area contributed by atoms with Crippen molar-refractivity contribution in [1.29, 1.82) is 0 Å². The van der Waals surface area contributed by atoms with Gasteiger partial charge in [-0.25, -0.2) is 0 Å². The summed E-state index contributed by atoms with van der Waals surface area (Å²) in [4.78, 5) is 31.2. The summed E-state index contributed by atoms with van der Waals surface area (Å²) in [6, 6.07) is 44.8. The summed E-state index contributed by atoms with van der Waals surface area (Å²) in [5, 5.41) is 0. The molecule has 5 rings (SSSR count). The summed E-state index contributed by atoms with van der Waals surface area (Å²) in [6.45, 7) is 0. The number of rotatable bonds is 6. The Morgan fingerprint density at radius 3 is 0.972 bits per heavy atom. The molecule has 0 aliphatic rings. The quantitative estimate of drug-likeness (QED) is 0.257. The fraction of sp³-hybridized carbons (Fsp3) is 0. The number of amides is 2. The molecule has 2 amide bonds. The second-order valence-corrected chi connectivity index (χ2v) is 8.17. The molecular formula is C32H24N2O2. The zero-order valence-electron chi connectivity index (χ0n) is 19.6. The Balaban J connectivity index is 1.71. The highest BCUT2D eigenvalue weighted by molar-refractivity contribution is 6.17. The van der Waals surface area contributed by atoms with Crippen LogP contribution in [0.15, 0.2) is 146 Å². The molecule has 5 aromatic rings. The van der Waals surface area contributed by atoms with Gasteiger partial charge in [0.2, 0.25) is 0 Å². The van der Waals surface area contributed by atoms with Gasteiger partial charge in [0.15, 0.2) is 0 Å². The SMILES string of the molecule is O=C(c1ccccc1)N(c1ccccc1)c1ccccc1N(C(=O)c1ccccc1)c1ccccc1. The minimum atomic E-state index is -0.186. The van der Waals surface area contributed by atoms with Crippen molar-refractivity contribution in [3.63, 3.8) is 0 Å². The first-order chi connectivity index (χ1) is 17.7. The highest BCUT2D eigenvalue weighted by Gasteiger charge is 2.28. The van der Waals surface area contributed by atoms with Gasteiger partial charge in [0.25, 0.3) is 11.8 Å². The first-order valence-corrected chi connectivity index (χ1v) is 11.7. The molecule has 174 valence electrons. The van der Waals surface area contributed by atoms with Gasteiger partial charge < -0.3 is 0 Å². The van der Waals surface area contributed by atoms with Gasteiger partial charge in [0, 0.05) is 22.5 Å². The number of hydrogen-bond acceptors (Lipinski definition) is 2. The van der Waals surface area contributed by atoms with E-state index in [0.29, 0.717) is 33.9 Å². The number of carbonyl (C=O) groups is 2. The number of hydrogen-bond donors (Lipinski definition) is 0. The van der Waals surface area contributed by atoms with Gasteiger partial charge in [-0.1, -0.05) is 84.9 Å². The van der Waals surface area contributed by atoms with E-state index in [1.54, 1.807) is 34.1 Å². The molecule has 0 saturated carbocycles. The number of para-hydroxylation sites is 4. The van der Waals surface area contributed by atoms with Crippen molar-refractivity contribution in [2.75, 3.05) is 9.80 Å². The van der Waals surface area contributed by atoms with Crippen molar-refractivity contribution >= 4 is 34.6 Å². The molecule has 0 aromatic heterocycles. The lowest BCUT2D eigenvalue weighted by Crippen LogP contribution is -2.31. The Labute approximate surface area is 210 Å². The molecule has 36 heavy (non-hydrogen) atoms. The van der Waals surface area contributed by atoms with Crippen LogP contribution in [0.2, 0.25) is 0 Å². The second kappa shape index (κ2) is 10.5. The third-order valence-corrected chi connectivity index (χ3v) is 5.84. The van der Waals surface area contributed by atoms with E-state index in [0.717, 1.165) is 0 Å². The highest BCUT2D eigenvalue weighted by atomic mass is 16.2. The molecule has 4 nitrogen and oxygen atoms in total. The summed E-state index contributed by atoms with van der Waals surface area (Å²) < 4.78 is 0. The third kappa shape index (κ3) is 4.65. The van der Waals surface area contributed by atoms with Crippen molar-refractivity contribution in [2.24, 2.45) is 0 Å². The molecule has 0 spiro atoms. The smallest absolute Gasteiger partial charge is 0.262 e. The molecule has 0 atom stereocenters. The zero-order valence-corrected chi connectivity index (χ0v) is 19.6. The Morgan fingerprint density at radius 2 is 0.639 bits per heavy atom. The van der Waals surface area contributed by atoms with E-state index in [2.05, 4.69) is 0 Å². The van der Waals surface area contributed by atoms with Crippen LogP contribution in [0.25, 0.3) is 0 Å². The first kappa shape index (κ1) is 22.8. The molecule has 0 bridgehead atoms. The van der Waals surface area contributed by atoms with Crippen LogP contribution in [-0.4, -0.2) is 11.8 Å². The van der Waals surface area contributed by atoms with Crippen LogP contribution in [0.1, 0.15) is 20.7 Å². The van der Waals surface area contributed by atoms with Crippen LogP contribution in [0.5, 0.6) is 0 Å². The van der Waals surface area contributed by atoms with Crippen molar-refractivity contribution < 1.29 is 9.59 Å². The third-order valence-electron chi connectivity index (χ3n) is 5.84. The predicted molar refractivity (Wildman–Crippen MR) is 145 cm³/mol. The number of benzene rings is 5. The topological polar surface area (TPSA) is 40.6 Å². The van der Waals surface area contributed by atoms with Crippen molar-refractivity contribution in [3.8, 4) is 0 Å². The normalized spacial score (nSPS) is 10.4. The monoisotopic (exact) mass is 468 g/mol. The standard InChI is InChI=1S/C32H24N2O2/c35-31(25-15-5-1-6-16-25)33(27-19-9-3-10-20-27)29-23-13-14-24-30(29)34(28-21-11-4-12-22-28)32(36)26-17-7-2-8-18-26/h1-24H. The van der Waals surface area contributed by atoms with E-state index in [1.165, 1.54) is 0 Å². The van der Waals surface area contributed by atoms with E-state index in [1.807, 2.05) is 121 Å². The molecule has 0 fully saturated rings. The summed E-state index contributed by atoms with van der Waals surface area (Å²) in [5.41, 5.74) is 3.72. The minimum absolute atomic E-state index is 0.186. The van der Waals surface area contributed by atoms with Crippen LogP contribution >= 0.6 is 0 Å². The van der Waals surface area contributed by atoms with Crippen LogP contribution in [0, 0.1) is 0 Å². The van der Waals surface area contributed by atoms with Crippen LogP contribution in [0.4, 0.5) is 22.7 Å². The Hall–Kier alpha value is -4.96. The minimum Gasteiger partial charge on any atom is -0.275 e. The Bertz CT molecular complexity index is 1340. The zero-order chi connectivity index (χ0) is 24.7. The van der Waals surface area contributed by atoms with Gasteiger partial charge in [0.1, 0.15) is 0 Å². The Kier molecular flexibility index (Phi) is 6.68. The molecule has 0 aliphatic heterocycles. The van der Waals surface area contributed by atoms with E-state index >= 15 is 0 Å². The maximum Gasteiger partial charge on any atom is 0.262 e. The van der Waals surface area contributed by atoms with E-state index in [-0.39, 0.29) is 11.8 Å². The average Bonchev–Trinajstić information content (AvgIpc) is 2.96. The largest absolute Gasteiger partial charge is 0.275 e. The summed E-state index contributed by atoms with van der Waals surface area (Å²) in [5.74, 6) is -0.371. The van der Waals surface area contributed by atoms with Crippen LogP contribution in [0.3, 0.4) is 0 Å². The van der Waals surface area contributed by atoms with Crippen LogP contribution in [-0.2, 0) is 0 Å². The fourth-order valence-corrected chi connectivity index (χ4v) is 4.15. The number of carbonyl (C=O) groups excluding carboxylic acids is 2. The predicted octanol–water partition coefficient (Wildman–Crippen LogP) is 7.64. The summed E-state index contributed by atoms with van der Waals surface area (Å²) in [6.07, 6.45) is 0. The van der Waals surface area contributed by atoms with Crippen molar-refractivity contribution in [2.45, 2.75) is 0 Å². The van der Waals surface area contributed by atoms with Crippen LogP contribution < -0.4 is 9.80 Å². The second-order valence-electron chi connectivity index (χ2n) is 8.17. The molecule has 0 heterocycles. The number of nitrogens with zero attached hydrogens (tertiary/aromatic N) is 2. The van der Waals surface area contributed by atoms with E-state index in [9.17, 15) is 9.59 Å². The molecule has 4 heteroatoms. The highest BCUT2D eigenvalue weighted by Crippen LogP contribution is 2.39. The summed E-state index contributed by atoms with van der Waals surface area (Å²) in [7, 11) is 0. The molecule has 0 aliphatic carbocycles. The molecule has 0 unspecified atom stereocenters. The van der Waals surface area contributed by atoms with Gasteiger partial charge in [0.05, 0.1) is 11.4 Å². The lowest BCUT2D eigenvalue weighted by molar-refractivity contribution is 0.0987. The lowest BCUT2D eigenvalue weighted by Gasteiger charge is -2.31. The maximum atomic E-state index is 13.9. The Morgan fingerprint density at radius 1 is 0.361 bits per heavy atom. The van der Waals surface area contributed by atoms with Gasteiger partial charge in [-0.2, -0.15) is 0 Å². The molecule has 0 N–H and O–H groups in total. The average molecular weight is 469 g/mol. The number of anilines is 4. The molecular weight excluding hydrogens is 444 g/mol. The van der Waals surface area contributed by atoms with Gasteiger partial charge in [-0.15, -0.1) is 0 Å². The van der Waals surface area contributed by atoms with Gasteiger partial charge >= 0.3 is 0 Å². The fourth-order valence-electron chi connectivity index (χ4n) is 4.15. The first-order valence-electron chi connectivity index (χ1n) is 11.7. The van der Waals surface area contributed by atoms with E-state index < -0.39 is 0 Å². The molecule has 0 saturated heterocycles. The summed E-state index contributed by atoms with van der Waals surface area (Å²) >= 11 is 0. The van der Waals surface area contributed by atoms with E-state index in [4.69, 9.17) is 0 Å². The van der Waals surface area contributed by atoms with Crippen molar-refractivity contribution in [1.82, 2.24) is 0 Å². The maximum absolute atomic E-state index is 13.9.